The van der Waals surface area contributed by atoms with Crippen molar-refractivity contribution in [3.05, 3.63) is 121 Å². The van der Waals surface area contributed by atoms with Gasteiger partial charge in [0.1, 0.15) is 5.75 Å². The summed E-state index contributed by atoms with van der Waals surface area (Å²) in [5.74, 6) is 1.14. The number of rotatable bonds is 7. The summed E-state index contributed by atoms with van der Waals surface area (Å²) in [4.78, 5) is 5.04. The maximum absolute atomic E-state index is 11.3. The summed E-state index contributed by atoms with van der Waals surface area (Å²) in [6.07, 6.45) is 0. The van der Waals surface area contributed by atoms with Gasteiger partial charge < -0.3 is 25.3 Å². The van der Waals surface area contributed by atoms with E-state index in [-0.39, 0.29) is 46.1 Å². The normalized spacial score (nSPS) is 11.0. The molecule has 41 heavy (non-hydrogen) atoms. The third-order valence-electron chi connectivity index (χ3n) is 7.10. The third kappa shape index (κ3) is 8.19. The van der Waals surface area contributed by atoms with Crippen molar-refractivity contribution < 1.29 is 30.9 Å². The minimum Gasteiger partial charge on any atom is -0.679 e. The largest absolute Gasteiger partial charge is 0.679 e. The van der Waals surface area contributed by atoms with Crippen molar-refractivity contribution in [2.75, 3.05) is 0 Å². The number of hydrogen-bond acceptors (Lipinski definition) is 2. The summed E-state index contributed by atoms with van der Waals surface area (Å²) in [7, 11) is 0. The maximum Gasteiger partial charge on any atom is 0.127 e. The molecule has 3 nitrogen and oxygen atoms in total. The molecule has 1 N–H and O–H groups in total. The Morgan fingerprint density at radius 1 is 0.756 bits per heavy atom. The number of benzene rings is 3. The molecule has 0 amide bonds. The number of hydrogen-bond donors (Lipinski definition) is 1. The standard InChI is InChI=1S/C35H41N2O.2CH3.Hf/c1-22(2)26-16-12-17-27(23(3)4)33(26)36-21-25-13-11-18-32(37-25)29-15-10-9-14-28(29)30-19-24(5)20-31(34(30)38)35(6,7)8;;;/h9-20,22-23H,21H2,1-8H3,(H,37,38);2*1H3;/q3*-1;. The first-order valence-electron chi connectivity index (χ1n) is 13.7. The smallest absolute Gasteiger partial charge is 0.127 e. The molecule has 0 aliphatic heterocycles. The number of phenols is 1. The van der Waals surface area contributed by atoms with E-state index < -0.39 is 0 Å². The first-order chi connectivity index (χ1) is 18.0. The van der Waals surface area contributed by atoms with Gasteiger partial charge in [-0.2, -0.15) is 0 Å². The van der Waals surface area contributed by atoms with Gasteiger partial charge >= 0.3 is 0 Å². The minimum absolute atomic E-state index is 0. The van der Waals surface area contributed by atoms with Crippen LogP contribution in [-0.4, -0.2) is 10.1 Å². The first-order valence-corrected chi connectivity index (χ1v) is 13.7. The Labute approximate surface area is 268 Å². The van der Waals surface area contributed by atoms with Gasteiger partial charge in [-0.25, -0.2) is 0 Å². The third-order valence-corrected chi connectivity index (χ3v) is 7.10. The average molecular weight is 714 g/mol. The molecule has 0 aliphatic carbocycles. The Balaban J connectivity index is 0.00000280. The van der Waals surface area contributed by atoms with Crippen LogP contribution in [-0.2, 0) is 37.8 Å². The summed E-state index contributed by atoms with van der Waals surface area (Å²) in [6.45, 7) is 17.9. The van der Waals surface area contributed by atoms with Crippen molar-refractivity contribution in [1.82, 2.24) is 4.98 Å². The van der Waals surface area contributed by atoms with Crippen molar-refractivity contribution in [3.63, 3.8) is 0 Å². The first kappa shape index (κ1) is 36.3. The van der Waals surface area contributed by atoms with Crippen molar-refractivity contribution in [1.29, 1.82) is 0 Å². The van der Waals surface area contributed by atoms with E-state index in [0.717, 1.165) is 44.9 Å². The Bertz CT molecular complexity index is 1410. The summed E-state index contributed by atoms with van der Waals surface area (Å²) in [6, 6.07) is 25.0. The topological polar surface area (TPSA) is 47.2 Å². The molecule has 0 saturated carbocycles. The van der Waals surface area contributed by atoms with Crippen LogP contribution >= 0.6 is 0 Å². The Morgan fingerprint density at radius 2 is 1.32 bits per heavy atom. The van der Waals surface area contributed by atoms with E-state index in [4.69, 9.17) is 10.3 Å². The summed E-state index contributed by atoms with van der Waals surface area (Å²) >= 11 is 0. The van der Waals surface area contributed by atoms with Crippen LogP contribution in [0.4, 0.5) is 5.69 Å². The number of para-hydroxylation sites is 1. The molecule has 0 radical (unpaired) electrons. The number of pyridine rings is 1. The summed E-state index contributed by atoms with van der Waals surface area (Å²) in [5.41, 5.74) is 10.2. The molecule has 4 aromatic rings. The molecule has 1 aromatic heterocycles. The predicted molar refractivity (Wildman–Crippen MR) is 174 cm³/mol. The van der Waals surface area contributed by atoms with Crippen LogP contribution in [0.15, 0.2) is 72.8 Å². The molecule has 0 unspecified atom stereocenters. The second-order valence-corrected chi connectivity index (χ2v) is 11.9. The fourth-order valence-electron chi connectivity index (χ4n) is 5.07. The van der Waals surface area contributed by atoms with Crippen molar-refractivity contribution in [2.24, 2.45) is 0 Å². The molecule has 0 fully saturated rings. The van der Waals surface area contributed by atoms with Gasteiger partial charge in [0.2, 0.25) is 0 Å². The van der Waals surface area contributed by atoms with Crippen molar-refractivity contribution in [2.45, 2.75) is 79.2 Å². The van der Waals surface area contributed by atoms with Gasteiger partial charge in [-0.1, -0.05) is 121 Å². The van der Waals surface area contributed by atoms with Gasteiger partial charge in [-0.15, -0.1) is 5.69 Å². The Hall–Kier alpha value is -2.72. The van der Waals surface area contributed by atoms with Gasteiger partial charge in [0.25, 0.3) is 0 Å². The predicted octanol–water partition coefficient (Wildman–Crippen LogP) is 11.1. The van der Waals surface area contributed by atoms with Crippen molar-refractivity contribution in [3.8, 4) is 28.1 Å². The van der Waals surface area contributed by atoms with Gasteiger partial charge in [0, 0.05) is 48.2 Å². The Kier molecular flexibility index (Phi) is 13.2. The summed E-state index contributed by atoms with van der Waals surface area (Å²) in [5, 5.41) is 16.4. The van der Waals surface area contributed by atoms with Crippen LogP contribution in [0.1, 0.15) is 88.2 Å². The van der Waals surface area contributed by atoms with E-state index in [1.165, 1.54) is 11.1 Å². The quantitative estimate of drug-likeness (QED) is 0.153. The maximum atomic E-state index is 11.3. The molecule has 1 heterocycles. The molecular weight excluding hydrogens is 667 g/mol. The van der Waals surface area contributed by atoms with Crippen LogP contribution in [0.2, 0.25) is 0 Å². The monoisotopic (exact) mass is 715 g/mol. The molecular formula is C37H47HfN2O-3. The fraction of sp³-hybridized carbons (Fsp3) is 0.324. The number of aromatic nitrogens is 1. The molecule has 3 aromatic carbocycles. The number of aromatic hydroxyl groups is 1. The number of phenolic OH excluding ortho intramolecular Hbond substituents is 1. The van der Waals surface area contributed by atoms with E-state index in [9.17, 15) is 5.11 Å². The van der Waals surface area contributed by atoms with E-state index >= 15 is 0 Å². The second kappa shape index (κ2) is 15.0. The van der Waals surface area contributed by atoms with Crippen LogP contribution in [0, 0.1) is 21.8 Å². The van der Waals surface area contributed by atoms with Crippen LogP contribution in [0.3, 0.4) is 0 Å². The van der Waals surface area contributed by atoms with Gasteiger partial charge in [-0.3, -0.25) is 4.98 Å². The molecule has 0 atom stereocenters. The summed E-state index contributed by atoms with van der Waals surface area (Å²) < 4.78 is 0. The van der Waals surface area contributed by atoms with Gasteiger partial charge in [0.05, 0.1) is 5.69 Å². The van der Waals surface area contributed by atoms with Gasteiger partial charge in [-0.05, 0) is 53.5 Å². The Morgan fingerprint density at radius 3 is 1.88 bits per heavy atom. The van der Waals surface area contributed by atoms with Crippen LogP contribution in [0.25, 0.3) is 27.7 Å². The van der Waals surface area contributed by atoms with Gasteiger partial charge in [0.15, 0.2) is 0 Å². The molecule has 0 saturated heterocycles. The van der Waals surface area contributed by atoms with E-state index in [1.54, 1.807) is 0 Å². The zero-order chi connectivity index (χ0) is 27.6. The molecule has 4 heteroatoms. The van der Waals surface area contributed by atoms with Crippen LogP contribution < -0.4 is 0 Å². The molecule has 218 valence electrons. The minimum atomic E-state index is -0.166. The zero-order valence-corrected chi connectivity index (χ0v) is 30.2. The van der Waals surface area contributed by atoms with E-state index in [2.05, 4.69) is 104 Å². The van der Waals surface area contributed by atoms with Crippen molar-refractivity contribution >= 4 is 5.69 Å². The molecule has 4 rings (SSSR count). The van der Waals surface area contributed by atoms with E-state index in [0.29, 0.717) is 24.1 Å². The van der Waals surface area contributed by atoms with E-state index in [1.807, 2.05) is 24.3 Å². The molecule has 0 spiro atoms. The van der Waals surface area contributed by atoms with Crippen LogP contribution in [0.5, 0.6) is 5.75 Å². The average Bonchev–Trinajstić information content (AvgIpc) is 2.87. The zero-order valence-electron chi connectivity index (χ0n) is 26.6. The molecule has 0 aliphatic rings. The number of aryl methyl sites for hydroxylation is 1. The fourth-order valence-corrected chi connectivity index (χ4v) is 5.07. The second-order valence-electron chi connectivity index (χ2n) is 11.9. The number of nitrogens with zero attached hydrogens (tertiary/aromatic N) is 2. The SMILES string of the molecule is Cc1cc(-c2ccccc2-c2cccc(C[N-]c3c(C(C)C)cccc3C(C)C)n2)c(O)c(C(C)(C)C)c1.[CH3-].[CH3-].[Hf]. The molecule has 0 bridgehead atoms.